The number of hydrogen-bond donors (Lipinski definition) is 2. The van der Waals surface area contributed by atoms with E-state index in [1.54, 1.807) is 6.20 Å². The number of anilines is 2. The maximum absolute atomic E-state index is 5.98. The van der Waals surface area contributed by atoms with E-state index in [2.05, 4.69) is 15.6 Å². The molecule has 0 radical (unpaired) electrons. The summed E-state index contributed by atoms with van der Waals surface area (Å²) in [7, 11) is 0. The minimum atomic E-state index is 0.318. The molecule has 26 heavy (non-hydrogen) atoms. The van der Waals surface area contributed by atoms with Crippen molar-refractivity contribution in [3.63, 3.8) is 0 Å². The zero-order valence-electron chi connectivity index (χ0n) is 14.3. The summed E-state index contributed by atoms with van der Waals surface area (Å²) in [5.41, 5.74) is 2.62. The lowest BCUT2D eigenvalue weighted by Gasteiger charge is -2.22. The van der Waals surface area contributed by atoms with Crippen molar-refractivity contribution in [3.8, 4) is 11.4 Å². The molecule has 1 saturated heterocycles. The van der Waals surface area contributed by atoms with Gasteiger partial charge in [0.2, 0.25) is 0 Å². The molecule has 2 aromatic heterocycles. The average Bonchev–Trinajstić information content (AvgIpc) is 2.71. The highest BCUT2D eigenvalue weighted by Gasteiger charge is 2.20. The first kappa shape index (κ1) is 16.9. The molecule has 0 spiro atoms. The van der Waals surface area contributed by atoms with Crippen LogP contribution in [0.1, 0.15) is 24.6 Å². The Morgan fingerprint density at radius 1 is 1.04 bits per heavy atom. The largest absolute Gasteiger partial charge is 0.340 e. The maximum atomic E-state index is 5.98. The summed E-state index contributed by atoms with van der Waals surface area (Å²) in [4.78, 5) is 14.0. The van der Waals surface area contributed by atoms with E-state index in [0.29, 0.717) is 10.9 Å². The number of pyridine rings is 1. The zero-order valence-corrected chi connectivity index (χ0v) is 15.1. The molecule has 5 nitrogen and oxygen atoms in total. The van der Waals surface area contributed by atoms with E-state index in [1.807, 2.05) is 48.5 Å². The van der Waals surface area contributed by atoms with Gasteiger partial charge in [-0.3, -0.25) is 4.98 Å². The summed E-state index contributed by atoms with van der Waals surface area (Å²) in [5.74, 6) is 1.94. The minimum Gasteiger partial charge on any atom is -0.340 e. The molecule has 3 aromatic rings. The number of piperidine rings is 1. The second-order valence-electron chi connectivity index (χ2n) is 6.39. The highest BCUT2D eigenvalue weighted by atomic mass is 35.5. The van der Waals surface area contributed by atoms with Crippen LogP contribution in [0.2, 0.25) is 5.02 Å². The van der Waals surface area contributed by atoms with E-state index in [4.69, 9.17) is 21.6 Å². The van der Waals surface area contributed by atoms with Gasteiger partial charge in [-0.15, -0.1) is 0 Å². The van der Waals surface area contributed by atoms with Crippen LogP contribution < -0.4 is 10.6 Å². The number of nitrogens with one attached hydrogen (secondary N) is 2. The van der Waals surface area contributed by atoms with Crippen LogP contribution in [0.5, 0.6) is 0 Å². The Hall–Kier alpha value is -2.50. The predicted octanol–water partition coefficient (Wildman–Crippen LogP) is 4.40. The summed E-state index contributed by atoms with van der Waals surface area (Å²) in [6.07, 6.45) is 4.02. The van der Waals surface area contributed by atoms with E-state index >= 15 is 0 Å². The van der Waals surface area contributed by atoms with Crippen molar-refractivity contribution in [2.75, 3.05) is 18.4 Å². The van der Waals surface area contributed by atoms with Gasteiger partial charge in [-0.1, -0.05) is 17.7 Å². The molecule has 0 bridgehead atoms. The lowest BCUT2D eigenvalue weighted by molar-refractivity contribution is 0.447. The number of nitrogens with zero attached hydrogens (tertiary/aromatic N) is 3. The highest BCUT2D eigenvalue weighted by molar-refractivity contribution is 6.30. The summed E-state index contributed by atoms with van der Waals surface area (Å²) in [5, 5.41) is 7.51. The second-order valence-corrected chi connectivity index (χ2v) is 6.82. The first-order chi connectivity index (χ1) is 12.8. The Kier molecular flexibility index (Phi) is 5.09. The highest BCUT2D eigenvalue weighted by Crippen LogP contribution is 2.26. The molecule has 1 aromatic carbocycles. The summed E-state index contributed by atoms with van der Waals surface area (Å²) < 4.78 is 0. The first-order valence-electron chi connectivity index (χ1n) is 8.81. The fraction of sp³-hybridized carbons (Fsp3) is 0.250. The lowest BCUT2D eigenvalue weighted by atomic mass is 9.98. The molecule has 0 aliphatic carbocycles. The van der Waals surface area contributed by atoms with Gasteiger partial charge in [0, 0.05) is 35.4 Å². The van der Waals surface area contributed by atoms with E-state index in [0.717, 1.165) is 54.6 Å². The third kappa shape index (κ3) is 4.00. The van der Waals surface area contributed by atoms with Crippen LogP contribution in [0.4, 0.5) is 11.5 Å². The zero-order chi connectivity index (χ0) is 17.8. The second kappa shape index (κ2) is 7.81. The Labute approximate surface area is 157 Å². The fourth-order valence-electron chi connectivity index (χ4n) is 3.11. The topological polar surface area (TPSA) is 62.7 Å². The van der Waals surface area contributed by atoms with Gasteiger partial charge in [-0.2, -0.15) is 0 Å². The van der Waals surface area contributed by atoms with Gasteiger partial charge in [-0.25, -0.2) is 9.97 Å². The van der Waals surface area contributed by atoms with E-state index in [1.165, 1.54) is 0 Å². The molecule has 4 rings (SSSR count). The summed E-state index contributed by atoms with van der Waals surface area (Å²) in [6.45, 7) is 1.97. The lowest BCUT2D eigenvalue weighted by Crippen LogP contribution is -2.29. The van der Waals surface area contributed by atoms with Crippen molar-refractivity contribution >= 4 is 23.1 Å². The van der Waals surface area contributed by atoms with Crippen LogP contribution in [0.15, 0.2) is 54.7 Å². The van der Waals surface area contributed by atoms with E-state index < -0.39 is 0 Å². The smallest absolute Gasteiger partial charge is 0.135 e. The molecule has 1 aliphatic heterocycles. The molecule has 0 saturated carbocycles. The third-order valence-corrected chi connectivity index (χ3v) is 4.70. The normalized spacial score (nSPS) is 17.0. The van der Waals surface area contributed by atoms with Crippen molar-refractivity contribution < 1.29 is 0 Å². The molecule has 6 heteroatoms. The minimum absolute atomic E-state index is 0.318. The number of aromatic nitrogens is 3. The standard InChI is InChI=1S/C20H20ClN5/c21-15-6-8-16(9-7-15)24-19-12-18(17-5-1-2-11-23-17)25-20(26-19)14-4-3-10-22-13-14/h1-2,5-9,11-12,14,22H,3-4,10,13H2,(H,24,25,26). The predicted molar refractivity (Wildman–Crippen MR) is 105 cm³/mol. The molecule has 3 heterocycles. The molecule has 0 amide bonds. The molecule has 1 atom stereocenters. The maximum Gasteiger partial charge on any atom is 0.135 e. The average molecular weight is 366 g/mol. The van der Waals surface area contributed by atoms with Crippen LogP contribution >= 0.6 is 11.6 Å². The monoisotopic (exact) mass is 365 g/mol. The Balaban J connectivity index is 1.70. The number of rotatable bonds is 4. The van der Waals surface area contributed by atoms with Gasteiger partial charge >= 0.3 is 0 Å². The fourth-order valence-corrected chi connectivity index (χ4v) is 3.24. The van der Waals surface area contributed by atoms with Crippen molar-refractivity contribution in [1.29, 1.82) is 0 Å². The van der Waals surface area contributed by atoms with Crippen molar-refractivity contribution in [3.05, 3.63) is 65.6 Å². The third-order valence-electron chi connectivity index (χ3n) is 4.45. The SMILES string of the molecule is Clc1ccc(Nc2cc(-c3ccccn3)nc(C3CCCNC3)n2)cc1. The van der Waals surface area contributed by atoms with E-state index in [-0.39, 0.29) is 0 Å². The molecular weight excluding hydrogens is 346 g/mol. The van der Waals surface area contributed by atoms with Crippen molar-refractivity contribution in [2.45, 2.75) is 18.8 Å². The molecule has 2 N–H and O–H groups in total. The molecule has 132 valence electrons. The molecule has 1 aliphatic rings. The number of halogens is 1. The van der Waals surface area contributed by atoms with Crippen LogP contribution in [-0.2, 0) is 0 Å². The van der Waals surface area contributed by atoms with Crippen LogP contribution in [-0.4, -0.2) is 28.0 Å². The van der Waals surface area contributed by atoms with Gasteiger partial charge in [0.05, 0.1) is 11.4 Å². The van der Waals surface area contributed by atoms with Crippen LogP contribution in [0.3, 0.4) is 0 Å². The molecular formula is C20H20ClN5. The van der Waals surface area contributed by atoms with Crippen molar-refractivity contribution in [1.82, 2.24) is 20.3 Å². The van der Waals surface area contributed by atoms with Gasteiger partial charge < -0.3 is 10.6 Å². The first-order valence-corrected chi connectivity index (χ1v) is 9.19. The molecule has 1 unspecified atom stereocenters. The van der Waals surface area contributed by atoms with Gasteiger partial charge in [0.15, 0.2) is 0 Å². The van der Waals surface area contributed by atoms with Gasteiger partial charge in [0.25, 0.3) is 0 Å². The summed E-state index contributed by atoms with van der Waals surface area (Å²) >= 11 is 5.98. The van der Waals surface area contributed by atoms with Gasteiger partial charge in [-0.05, 0) is 55.8 Å². The summed E-state index contributed by atoms with van der Waals surface area (Å²) in [6, 6.07) is 15.4. The quantitative estimate of drug-likeness (QED) is 0.717. The van der Waals surface area contributed by atoms with Crippen LogP contribution in [0, 0.1) is 0 Å². The number of benzene rings is 1. The Morgan fingerprint density at radius 3 is 2.65 bits per heavy atom. The van der Waals surface area contributed by atoms with Crippen LogP contribution in [0.25, 0.3) is 11.4 Å². The Bertz CT molecular complexity index is 861. The van der Waals surface area contributed by atoms with Gasteiger partial charge in [0.1, 0.15) is 11.6 Å². The number of hydrogen-bond acceptors (Lipinski definition) is 5. The Morgan fingerprint density at radius 2 is 1.92 bits per heavy atom. The molecule has 1 fully saturated rings. The van der Waals surface area contributed by atoms with E-state index in [9.17, 15) is 0 Å². The van der Waals surface area contributed by atoms with Crippen molar-refractivity contribution in [2.24, 2.45) is 0 Å².